The first-order valence-electron chi connectivity index (χ1n) is 17.5. The van der Waals surface area contributed by atoms with Crippen molar-refractivity contribution in [3.63, 3.8) is 0 Å². The van der Waals surface area contributed by atoms with Crippen molar-refractivity contribution in [2.75, 3.05) is 35.4 Å². The highest BCUT2D eigenvalue weighted by Crippen LogP contribution is 2.41. The number of rotatable bonds is 7. The summed E-state index contributed by atoms with van der Waals surface area (Å²) in [7, 11) is 7.70. The van der Waals surface area contributed by atoms with Gasteiger partial charge in [-0.3, -0.25) is 29.0 Å². The van der Waals surface area contributed by atoms with Crippen LogP contribution in [0.15, 0.2) is 109 Å². The zero-order valence-electron chi connectivity index (χ0n) is 30.6. The van der Waals surface area contributed by atoms with Crippen LogP contribution < -0.4 is 14.2 Å². The van der Waals surface area contributed by atoms with Crippen molar-refractivity contribution in [1.29, 1.82) is 0 Å². The Kier molecular flexibility index (Phi) is 7.61. The van der Waals surface area contributed by atoms with Crippen molar-refractivity contribution in [2.45, 2.75) is 0 Å². The maximum absolute atomic E-state index is 13.1. The van der Waals surface area contributed by atoms with Crippen molar-refractivity contribution in [3.8, 4) is 56.3 Å². The maximum atomic E-state index is 13.1. The molecule has 0 bridgehead atoms. The fraction of sp³-hybridized carbons (Fsp3) is 0.111. The van der Waals surface area contributed by atoms with Crippen LogP contribution in [0.4, 0.5) is 0 Å². The summed E-state index contributed by atoms with van der Waals surface area (Å²) in [5.74, 6) is 0.360. The van der Waals surface area contributed by atoms with E-state index in [-0.39, 0.29) is 23.6 Å². The summed E-state index contributed by atoms with van der Waals surface area (Å²) in [6.45, 7) is 0. The van der Waals surface area contributed by atoms with E-state index in [2.05, 4.69) is 22.8 Å². The number of ether oxygens (including phenoxy) is 3. The van der Waals surface area contributed by atoms with Crippen LogP contribution in [0, 0.1) is 0 Å². The number of benzene rings is 6. The molecule has 4 amide bonds. The molecule has 2 aliphatic rings. The summed E-state index contributed by atoms with van der Waals surface area (Å²) in [6.07, 6.45) is 0. The molecule has 9 rings (SSSR count). The molecule has 0 unspecified atom stereocenters. The molecule has 55 heavy (non-hydrogen) atoms. The van der Waals surface area contributed by atoms with E-state index in [4.69, 9.17) is 14.2 Å². The van der Waals surface area contributed by atoms with Crippen LogP contribution in [0.3, 0.4) is 0 Å². The smallest absolute Gasteiger partial charge is 0.261 e. The molecule has 0 spiro atoms. The molecule has 0 N–H and O–H groups in total. The summed E-state index contributed by atoms with van der Waals surface area (Å²) in [5, 5.41) is 2.03. The molecule has 270 valence electrons. The van der Waals surface area contributed by atoms with Crippen molar-refractivity contribution >= 4 is 45.4 Å². The molecule has 10 nitrogen and oxygen atoms in total. The van der Waals surface area contributed by atoms with Crippen molar-refractivity contribution in [3.05, 3.63) is 131 Å². The van der Waals surface area contributed by atoms with Gasteiger partial charge >= 0.3 is 0 Å². The molecule has 2 aliphatic heterocycles. The fourth-order valence-electron chi connectivity index (χ4n) is 7.82. The van der Waals surface area contributed by atoms with Gasteiger partial charge < -0.3 is 18.8 Å². The second-order valence-corrected chi connectivity index (χ2v) is 13.6. The van der Waals surface area contributed by atoms with E-state index in [1.54, 1.807) is 31.4 Å². The highest BCUT2D eigenvalue weighted by molar-refractivity contribution is 6.25. The van der Waals surface area contributed by atoms with Gasteiger partial charge in [-0.25, -0.2) is 0 Å². The van der Waals surface area contributed by atoms with Gasteiger partial charge in [0.1, 0.15) is 17.2 Å². The van der Waals surface area contributed by atoms with E-state index < -0.39 is 0 Å². The molecule has 10 heteroatoms. The Hall–Kier alpha value is -7.20. The third-order valence-corrected chi connectivity index (χ3v) is 10.7. The first-order valence-corrected chi connectivity index (χ1v) is 17.5. The molecular formula is C45H33N3O7. The molecule has 6 aromatic carbocycles. The van der Waals surface area contributed by atoms with E-state index in [0.717, 1.165) is 65.3 Å². The van der Waals surface area contributed by atoms with Crippen molar-refractivity contribution in [2.24, 2.45) is 0 Å². The minimum atomic E-state index is -0.352. The lowest BCUT2D eigenvalue weighted by Crippen LogP contribution is -2.24. The molecule has 0 fully saturated rings. The highest BCUT2D eigenvalue weighted by atomic mass is 16.5. The zero-order chi connectivity index (χ0) is 38.3. The predicted octanol–water partition coefficient (Wildman–Crippen LogP) is 8.26. The van der Waals surface area contributed by atoms with Gasteiger partial charge in [0.2, 0.25) is 0 Å². The van der Waals surface area contributed by atoms with Gasteiger partial charge in [-0.05, 0) is 100 Å². The van der Waals surface area contributed by atoms with Crippen LogP contribution in [0.1, 0.15) is 41.4 Å². The van der Waals surface area contributed by atoms with Crippen LogP contribution in [-0.2, 0) is 0 Å². The van der Waals surface area contributed by atoms with E-state index in [9.17, 15) is 19.2 Å². The van der Waals surface area contributed by atoms with Gasteiger partial charge in [0.15, 0.2) is 0 Å². The number of hydrogen-bond acceptors (Lipinski definition) is 7. The maximum Gasteiger partial charge on any atom is 0.261 e. The molecule has 0 radical (unpaired) electrons. The quantitative estimate of drug-likeness (QED) is 0.152. The zero-order valence-corrected chi connectivity index (χ0v) is 30.6. The third-order valence-electron chi connectivity index (χ3n) is 10.7. The standard InChI is InChI=1S/C45H33N3O7/c1-46-42(49)36-22-30(54-4)20-32(40(36)44(46)51)25-8-6-24(7-9-25)27-12-16-38-34(18-27)35-19-29(53-3)15-17-39(35)48(38)28-13-10-26(11-14-28)33-21-31(55-5)23-37-41(33)45(52)47(2)43(37)50/h6-23H,1-5H3. The number of amides is 4. The summed E-state index contributed by atoms with van der Waals surface area (Å²) in [6, 6.07) is 35.0. The number of methoxy groups -OCH3 is 3. The van der Waals surface area contributed by atoms with Gasteiger partial charge in [0.25, 0.3) is 23.6 Å². The normalized spacial score (nSPS) is 13.6. The lowest BCUT2D eigenvalue weighted by Gasteiger charge is -2.12. The van der Waals surface area contributed by atoms with E-state index >= 15 is 0 Å². The van der Waals surface area contributed by atoms with Crippen molar-refractivity contribution in [1.82, 2.24) is 14.4 Å². The molecule has 0 saturated heterocycles. The topological polar surface area (TPSA) is 107 Å². The van der Waals surface area contributed by atoms with Gasteiger partial charge in [0, 0.05) is 30.6 Å². The average molecular weight is 728 g/mol. The Labute approximate surface area is 315 Å². The fourth-order valence-corrected chi connectivity index (χ4v) is 7.82. The van der Waals surface area contributed by atoms with Crippen LogP contribution in [0.2, 0.25) is 0 Å². The van der Waals surface area contributed by atoms with Crippen LogP contribution >= 0.6 is 0 Å². The summed E-state index contributed by atoms with van der Waals surface area (Å²) < 4.78 is 18.8. The molecular weight excluding hydrogens is 695 g/mol. The second kappa shape index (κ2) is 12.4. The van der Waals surface area contributed by atoms with Gasteiger partial charge in [-0.15, -0.1) is 0 Å². The number of fused-ring (bicyclic) bond motifs is 5. The summed E-state index contributed by atoms with van der Waals surface area (Å²) in [4.78, 5) is 54.1. The number of imide groups is 2. The third kappa shape index (κ3) is 5.02. The Morgan fingerprint density at radius 3 is 1.33 bits per heavy atom. The average Bonchev–Trinajstić information content (AvgIpc) is 3.75. The van der Waals surface area contributed by atoms with Gasteiger partial charge in [-0.1, -0.05) is 42.5 Å². The number of carbonyl (C=O) groups excluding carboxylic acids is 4. The minimum Gasteiger partial charge on any atom is -0.497 e. The molecule has 7 aromatic rings. The van der Waals surface area contributed by atoms with Gasteiger partial charge in [-0.2, -0.15) is 0 Å². The number of nitrogens with zero attached hydrogens (tertiary/aromatic N) is 3. The van der Waals surface area contributed by atoms with E-state index in [1.165, 1.54) is 28.3 Å². The lowest BCUT2D eigenvalue weighted by molar-refractivity contribution is 0.0678. The first-order chi connectivity index (χ1) is 26.6. The summed E-state index contributed by atoms with van der Waals surface area (Å²) >= 11 is 0. The van der Waals surface area contributed by atoms with Crippen LogP contribution in [-0.4, -0.2) is 73.4 Å². The highest BCUT2D eigenvalue weighted by Gasteiger charge is 2.37. The second-order valence-electron chi connectivity index (χ2n) is 13.6. The Balaban J connectivity index is 1.12. The Morgan fingerprint density at radius 2 is 0.818 bits per heavy atom. The monoisotopic (exact) mass is 727 g/mol. The predicted molar refractivity (Wildman–Crippen MR) is 210 cm³/mol. The molecule has 0 aliphatic carbocycles. The lowest BCUT2D eigenvalue weighted by atomic mass is 9.94. The molecule has 3 heterocycles. The molecule has 1 aromatic heterocycles. The van der Waals surface area contributed by atoms with Crippen LogP contribution in [0.5, 0.6) is 17.2 Å². The Bertz CT molecular complexity index is 2820. The SMILES string of the molecule is COc1cc2c(c(-c3ccc(-c4ccc5c(c4)c4cc(OC)ccc4n5-c4ccc(-c5cc(OC)cc6c5C(=O)N(C)C6=O)cc4)cc3)c1)C(=O)N(C)C2=O. The van der Waals surface area contributed by atoms with E-state index in [0.29, 0.717) is 44.9 Å². The first kappa shape index (κ1) is 33.6. The molecule has 0 saturated carbocycles. The van der Waals surface area contributed by atoms with Crippen molar-refractivity contribution < 1.29 is 33.4 Å². The molecule has 0 atom stereocenters. The van der Waals surface area contributed by atoms with Crippen LogP contribution in [0.25, 0.3) is 60.9 Å². The minimum absolute atomic E-state index is 0.330. The van der Waals surface area contributed by atoms with Gasteiger partial charge in [0.05, 0.1) is 54.6 Å². The van der Waals surface area contributed by atoms with E-state index in [1.807, 2.05) is 66.7 Å². The Morgan fingerprint density at radius 1 is 0.400 bits per heavy atom. The largest absolute Gasteiger partial charge is 0.497 e. The summed E-state index contributed by atoms with van der Waals surface area (Å²) in [5.41, 5.74) is 9.11. The number of hydrogen-bond donors (Lipinski definition) is 0. The number of carbonyl (C=O) groups is 4. The number of aromatic nitrogens is 1.